The highest BCUT2D eigenvalue weighted by Crippen LogP contribution is 2.43. The molecule has 0 aliphatic heterocycles. The largest absolute Gasteiger partial charge is 0.444 e. The molecule has 10 heteroatoms. The minimum atomic E-state index is -1.29. The number of esters is 1. The summed E-state index contributed by atoms with van der Waals surface area (Å²) in [5, 5.41) is 3.31. The number of benzene rings is 3. The second-order valence-corrected chi connectivity index (χ2v) is 10.5. The molecule has 3 N–H and O–H groups in total. The lowest BCUT2D eigenvalue weighted by molar-refractivity contribution is -0.154. The van der Waals surface area contributed by atoms with Crippen LogP contribution in [-0.2, 0) is 34.1 Å². The number of carbonyl (C=O) groups is 2. The monoisotopic (exact) mass is 644 g/mol. The Balaban J connectivity index is 0.00000675. The van der Waals surface area contributed by atoms with Crippen molar-refractivity contribution in [2.75, 3.05) is 52.7 Å². The van der Waals surface area contributed by atoms with Gasteiger partial charge in [0.1, 0.15) is 0 Å². The smallest absolute Gasteiger partial charge is 0.307 e. The zero-order chi connectivity index (χ0) is 30.8. The molecule has 0 aliphatic rings. The molecule has 3 aromatic carbocycles. The molecule has 8 nitrogen and oxygen atoms in total. The van der Waals surface area contributed by atoms with Gasteiger partial charge in [0.25, 0.3) is 0 Å². The number of hydrogen-bond acceptors (Lipinski definition) is 7. The van der Waals surface area contributed by atoms with Crippen LogP contribution in [0, 0.1) is 6.92 Å². The molecule has 3 aromatic rings. The average molecular weight is 645 g/mol. The van der Waals surface area contributed by atoms with E-state index < -0.39 is 11.6 Å². The summed E-state index contributed by atoms with van der Waals surface area (Å²) in [6.07, 6.45) is 1.41. The molecule has 0 aliphatic carbocycles. The number of ether oxygens (including phenoxy) is 4. The lowest BCUT2D eigenvalue weighted by Crippen LogP contribution is -2.36. The van der Waals surface area contributed by atoms with Gasteiger partial charge in [0.2, 0.25) is 5.91 Å². The molecule has 0 spiro atoms. The standard InChI is InChI=1S/C34H43ClN2O6.H3P/c1-27-13-15-29(16-14-27)34(28-9-3-2-4-10-28,30-11-5-6-12-31(30)35)43-33(39)18-17-32(38)37-20-8-22-41-24-26-42-25-23-40-21-7-19-36;/h2-6,9-16H,7-8,17-26,36H2,1H3,(H,37,38);1H3. The molecule has 0 bridgehead atoms. The first-order valence-corrected chi connectivity index (χ1v) is 15.1. The van der Waals surface area contributed by atoms with E-state index in [0.717, 1.165) is 23.1 Å². The van der Waals surface area contributed by atoms with Gasteiger partial charge in [-0.15, -0.1) is 0 Å². The summed E-state index contributed by atoms with van der Waals surface area (Å²) in [6.45, 7) is 6.21. The van der Waals surface area contributed by atoms with Crippen molar-refractivity contribution in [3.8, 4) is 0 Å². The summed E-state index contributed by atoms with van der Waals surface area (Å²) in [7, 11) is 0. The first-order chi connectivity index (χ1) is 21.0. The van der Waals surface area contributed by atoms with Gasteiger partial charge < -0.3 is 30.0 Å². The molecule has 1 amide bonds. The maximum absolute atomic E-state index is 13.4. The van der Waals surface area contributed by atoms with Crippen LogP contribution in [-0.4, -0.2) is 64.6 Å². The van der Waals surface area contributed by atoms with Crippen LogP contribution in [0.25, 0.3) is 0 Å². The Morgan fingerprint density at radius 1 is 0.750 bits per heavy atom. The Hall–Kier alpha value is -2.84. The van der Waals surface area contributed by atoms with Crippen LogP contribution in [0.15, 0.2) is 78.9 Å². The highest BCUT2D eigenvalue weighted by Gasteiger charge is 2.42. The molecule has 2 atom stereocenters. The SMILES string of the molecule is Cc1ccc(C(OC(=O)CCC(=O)NCCCOCCOCCOCCCN)(c2ccccc2)c2ccccc2Cl)cc1.P. The minimum absolute atomic E-state index is 0. The molecule has 2 unspecified atom stereocenters. The highest BCUT2D eigenvalue weighted by atomic mass is 35.5. The van der Waals surface area contributed by atoms with E-state index in [1.165, 1.54) is 0 Å². The van der Waals surface area contributed by atoms with Gasteiger partial charge in [0, 0.05) is 47.9 Å². The predicted molar refractivity (Wildman–Crippen MR) is 179 cm³/mol. The van der Waals surface area contributed by atoms with Crippen LogP contribution in [0.3, 0.4) is 0 Å². The van der Waals surface area contributed by atoms with E-state index in [4.69, 9.17) is 36.3 Å². The van der Waals surface area contributed by atoms with E-state index in [9.17, 15) is 9.59 Å². The third-order valence-corrected chi connectivity index (χ3v) is 7.07. The van der Waals surface area contributed by atoms with Crippen LogP contribution in [0.4, 0.5) is 0 Å². The van der Waals surface area contributed by atoms with Crippen LogP contribution < -0.4 is 11.1 Å². The zero-order valence-corrected chi connectivity index (χ0v) is 27.8. The fourth-order valence-corrected chi connectivity index (χ4v) is 4.78. The Labute approximate surface area is 269 Å². The molecule has 0 saturated carbocycles. The van der Waals surface area contributed by atoms with Crippen LogP contribution >= 0.6 is 21.5 Å². The minimum Gasteiger partial charge on any atom is -0.444 e. The summed E-state index contributed by atoms with van der Waals surface area (Å²) in [6, 6.07) is 24.7. The van der Waals surface area contributed by atoms with Gasteiger partial charge in [-0.1, -0.05) is 90.0 Å². The maximum Gasteiger partial charge on any atom is 0.307 e. The summed E-state index contributed by atoms with van der Waals surface area (Å²) >= 11 is 6.72. The normalized spacial score (nSPS) is 12.2. The fourth-order valence-electron chi connectivity index (χ4n) is 4.51. The zero-order valence-electron chi connectivity index (χ0n) is 25.6. The number of halogens is 1. The lowest BCUT2D eigenvalue weighted by Gasteiger charge is -2.36. The molecule has 0 aromatic heterocycles. The lowest BCUT2D eigenvalue weighted by atomic mass is 9.79. The molecule has 0 fully saturated rings. The Morgan fingerprint density at radius 3 is 1.95 bits per heavy atom. The first kappa shape index (κ1) is 37.3. The van der Waals surface area contributed by atoms with E-state index in [1.807, 2.05) is 79.7 Å². The van der Waals surface area contributed by atoms with E-state index in [2.05, 4.69) is 5.32 Å². The van der Waals surface area contributed by atoms with Gasteiger partial charge in [0.05, 0.1) is 32.8 Å². The molecule has 240 valence electrons. The predicted octanol–water partition coefficient (Wildman–Crippen LogP) is 5.23. The summed E-state index contributed by atoms with van der Waals surface area (Å²) in [5.41, 5.74) is 7.36. The number of amides is 1. The molecular formula is C34H46ClN2O6P. The van der Waals surface area contributed by atoms with E-state index >= 15 is 0 Å². The summed E-state index contributed by atoms with van der Waals surface area (Å²) in [5.74, 6) is -0.735. The fraction of sp³-hybridized carbons (Fsp3) is 0.412. The van der Waals surface area contributed by atoms with Crippen molar-refractivity contribution in [1.29, 1.82) is 0 Å². The van der Waals surface area contributed by atoms with Crippen LogP contribution in [0.1, 0.15) is 47.9 Å². The number of carbonyl (C=O) groups excluding carboxylic acids is 2. The summed E-state index contributed by atoms with van der Waals surface area (Å²) in [4.78, 5) is 25.9. The van der Waals surface area contributed by atoms with E-state index in [0.29, 0.717) is 69.7 Å². The Morgan fingerprint density at radius 2 is 1.32 bits per heavy atom. The molecule has 44 heavy (non-hydrogen) atoms. The van der Waals surface area contributed by atoms with Crippen molar-refractivity contribution in [3.63, 3.8) is 0 Å². The number of aryl methyl sites for hydroxylation is 1. The molecule has 0 radical (unpaired) electrons. The molecule has 0 saturated heterocycles. The van der Waals surface area contributed by atoms with Crippen LogP contribution in [0.5, 0.6) is 0 Å². The van der Waals surface area contributed by atoms with Gasteiger partial charge >= 0.3 is 5.97 Å². The third-order valence-electron chi connectivity index (χ3n) is 6.74. The van der Waals surface area contributed by atoms with E-state index in [-0.39, 0.29) is 28.6 Å². The van der Waals surface area contributed by atoms with Crippen molar-refractivity contribution in [3.05, 3.63) is 106 Å². The first-order valence-electron chi connectivity index (χ1n) is 14.8. The number of hydrogen-bond donors (Lipinski definition) is 2. The Kier molecular flexibility index (Phi) is 17.8. The van der Waals surface area contributed by atoms with Crippen molar-refractivity contribution in [2.45, 2.75) is 38.2 Å². The van der Waals surface area contributed by atoms with Crippen molar-refractivity contribution in [1.82, 2.24) is 5.32 Å². The van der Waals surface area contributed by atoms with Gasteiger partial charge in [-0.2, -0.15) is 9.90 Å². The summed E-state index contributed by atoms with van der Waals surface area (Å²) < 4.78 is 22.7. The van der Waals surface area contributed by atoms with E-state index in [1.54, 1.807) is 6.07 Å². The van der Waals surface area contributed by atoms with Gasteiger partial charge in [0.15, 0.2) is 5.60 Å². The van der Waals surface area contributed by atoms with Gasteiger partial charge in [-0.3, -0.25) is 9.59 Å². The van der Waals surface area contributed by atoms with Crippen LogP contribution in [0.2, 0.25) is 5.02 Å². The number of nitrogens with two attached hydrogens (primary N) is 1. The van der Waals surface area contributed by atoms with Gasteiger partial charge in [-0.05, 0) is 32.4 Å². The molecule has 0 heterocycles. The van der Waals surface area contributed by atoms with Gasteiger partial charge in [-0.25, -0.2) is 0 Å². The van der Waals surface area contributed by atoms with Crippen molar-refractivity contribution in [2.24, 2.45) is 5.73 Å². The molecule has 3 rings (SSSR count). The second kappa shape index (κ2) is 21.0. The second-order valence-electron chi connectivity index (χ2n) is 10.1. The quantitative estimate of drug-likeness (QED) is 0.0751. The average Bonchev–Trinajstić information content (AvgIpc) is 3.02. The number of rotatable bonds is 20. The van der Waals surface area contributed by atoms with Crippen molar-refractivity contribution < 1.29 is 28.5 Å². The molecular weight excluding hydrogens is 599 g/mol. The highest BCUT2D eigenvalue weighted by molar-refractivity contribution is 6.92. The van der Waals surface area contributed by atoms with Crippen molar-refractivity contribution >= 4 is 33.4 Å². The Bertz CT molecular complexity index is 1250. The third kappa shape index (κ3) is 11.9. The topological polar surface area (TPSA) is 109 Å². The number of nitrogens with one attached hydrogen (secondary N) is 1. The maximum atomic E-state index is 13.4.